The summed E-state index contributed by atoms with van der Waals surface area (Å²) in [6.07, 6.45) is -0.350. The van der Waals surface area contributed by atoms with Gasteiger partial charge in [0, 0.05) is 12.8 Å². The van der Waals surface area contributed by atoms with Crippen molar-refractivity contribution >= 4 is 27.9 Å². The van der Waals surface area contributed by atoms with E-state index in [0.717, 1.165) is 0 Å². The van der Waals surface area contributed by atoms with Crippen molar-refractivity contribution in [3.8, 4) is 0 Å². The summed E-state index contributed by atoms with van der Waals surface area (Å²) in [5.74, 6) is -1.67. The van der Waals surface area contributed by atoms with E-state index in [9.17, 15) is 9.59 Å². The van der Waals surface area contributed by atoms with Gasteiger partial charge in [0.1, 0.15) is 17.5 Å². The number of alkyl halides is 1. The smallest absolute Gasteiger partial charge is 0.351 e. The van der Waals surface area contributed by atoms with Gasteiger partial charge in [-0.1, -0.05) is 15.9 Å². The molecule has 2 heterocycles. The van der Waals surface area contributed by atoms with Crippen LogP contribution in [0.15, 0.2) is 0 Å². The number of rotatable bonds is 2. The first-order valence-corrected chi connectivity index (χ1v) is 7.32. The Bertz CT molecular complexity index is 436. The number of carbonyl (C=O) groups is 2. The van der Waals surface area contributed by atoms with E-state index in [-0.39, 0.29) is 24.0 Å². The average molecular weight is 335 g/mol. The third kappa shape index (κ3) is 2.08. The van der Waals surface area contributed by atoms with Crippen molar-refractivity contribution in [1.82, 2.24) is 0 Å². The van der Waals surface area contributed by atoms with Gasteiger partial charge in [-0.25, -0.2) is 4.79 Å². The van der Waals surface area contributed by atoms with Crippen molar-refractivity contribution in [1.29, 1.82) is 0 Å². The summed E-state index contributed by atoms with van der Waals surface area (Å²) in [4.78, 5) is 23.5. The zero-order valence-corrected chi connectivity index (χ0v) is 12.3. The molecule has 0 aromatic carbocycles. The van der Waals surface area contributed by atoms with Crippen molar-refractivity contribution in [3.63, 3.8) is 0 Å². The van der Waals surface area contributed by atoms with Gasteiger partial charge in [-0.2, -0.15) is 0 Å². The van der Waals surface area contributed by atoms with E-state index in [4.69, 9.17) is 18.9 Å². The van der Waals surface area contributed by atoms with E-state index in [2.05, 4.69) is 15.9 Å². The first-order valence-electron chi connectivity index (χ1n) is 6.20. The van der Waals surface area contributed by atoms with Crippen LogP contribution < -0.4 is 0 Å². The zero-order chi connectivity index (χ0) is 13.8. The van der Waals surface area contributed by atoms with Crippen LogP contribution in [0.5, 0.6) is 0 Å². The molecule has 0 aromatic heterocycles. The number of fused-ring (bicyclic) bond motifs is 4. The number of ether oxygens (including phenoxy) is 4. The molecule has 3 rings (SSSR count). The molecule has 0 spiro atoms. The maximum Gasteiger partial charge on any atom is 0.351 e. The lowest BCUT2D eigenvalue weighted by molar-refractivity contribution is -0.180. The van der Waals surface area contributed by atoms with Gasteiger partial charge in [0.15, 0.2) is 5.79 Å². The van der Waals surface area contributed by atoms with E-state index in [1.54, 1.807) is 0 Å². The lowest BCUT2D eigenvalue weighted by Crippen LogP contribution is -2.49. The molecule has 4 atom stereocenters. The van der Waals surface area contributed by atoms with Gasteiger partial charge in [-0.05, 0) is 13.8 Å². The van der Waals surface area contributed by atoms with E-state index in [0.29, 0.717) is 6.42 Å². The molecule has 0 N–H and O–H groups in total. The predicted octanol–water partition coefficient (Wildman–Crippen LogP) is 0.903. The number of hydrogen-bond donors (Lipinski definition) is 0. The van der Waals surface area contributed by atoms with Gasteiger partial charge in [0.2, 0.25) is 5.60 Å². The summed E-state index contributed by atoms with van der Waals surface area (Å²) >= 11 is 3.02. The second-order valence-corrected chi connectivity index (χ2v) is 6.15. The molecular formula is C12H15BrO6. The van der Waals surface area contributed by atoms with Crippen molar-refractivity contribution in [2.45, 2.75) is 56.4 Å². The number of hydrogen-bond acceptors (Lipinski definition) is 6. The van der Waals surface area contributed by atoms with Crippen LogP contribution in [0, 0.1) is 0 Å². The van der Waals surface area contributed by atoms with Gasteiger partial charge >= 0.3 is 11.9 Å². The van der Waals surface area contributed by atoms with Crippen LogP contribution in [0.4, 0.5) is 0 Å². The van der Waals surface area contributed by atoms with E-state index in [1.807, 2.05) is 13.8 Å². The minimum atomic E-state index is -1.21. The molecule has 2 saturated heterocycles. The predicted molar refractivity (Wildman–Crippen MR) is 65.6 cm³/mol. The van der Waals surface area contributed by atoms with Crippen molar-refractivity contribution in [2.75, 3.05) is 5.33 Å². The SMILES string of the molecule is CC1(C)O[C@@H]2C[C@]3(OC(=O)CBr)CC(OC3=O)[C@@H]2O1. The van der Waals surface area contributed by atoms with Crippen molar-refractivity contribution < 1.29 is 28.5 Å². The van der Waals surface area contributed by atoms with Gasteiger partial charge in [-0.15, -0.1) is 0 Å². The summed E-state index contributed by atoms with van der Waals surface area (Å²) < 4.78 is 22.1. The maximum atomic E-state index is 12.0. The highest BCUT2D eigenvalue weighted by Gasteiger charge is 2.65. The van der Waals surface area contributed by atoms with Crippen LogP contribution in [0.2, 0.25) is 0 Å². The average Bonchev–Trinajstić information content (AvgIpc) is 2.75. The lowest BCUT2D eigenvalue weighted by atomic mass is 9.82. The van der Waals surface area contributed by atoms with Crippen LogP contribution in [0.1, 0.15) is 26.7 Å². The first-order chi connectivity index (χ1) is 8.85. The fraction of sp³-hybridized carbons (Fsp3) is 0.833. The summed E-state index contributed by atoms with van der Waals surface area (Å²) in [5.41, 5.74) is -1.21. The fourth-order valence-electron chi connectivity index (χ4n) is 3.08. The Morgan fingerprint density at radius 1 is 1.37 bits per heavy atom. The molecule has 0 radical (unpaired) electrons. The van der Waals surface area contributed by atoms with Crippen LogP contribution >= 0.6 is 15.9 Å². The molecule has 2 aliphatic heterocycles. The Morgan fingerprint density at radius 3 is 2.74 bits per heavy atom. The van der Waals surface area contributed by atoms with Crippen LogP contribution in [0.3, 0.4) is 0 Å². The van der Waals surface area contributed by atoms with Crippen LogP contribution in [-0.2, 0) is 28.5 Å². The quantitative estimate of drug-likeness (QED) is 0.552. The molecule has 2 bridgehead atoms. The molecule has 3 aliphatic rings. The molecule has 1 unspecified atom stereocenters. The number of halogens is 1. The van der Waals surface area contributed by atoms with Gasteiger partial charge in [0.25, 0.3) is 0 Å². The molecule has 1 saturated carbocycles. The second-order valence-electron chi connectivity index (χ2n) is 5.59. The summed E-state index contributed by atoms with van der Waals surface area (Å²) in [5, 5.41) is 0.0453. The number of carbonyl (C=O) groups excluding carboxylic acids is 2. The molecule has 0 aromatic rings. The topological polar surface area (TPSA) is 71.1 Å². The minimum Gasteiger partial charge on any atom is -0.456 e. The summed E-state index contributed by atoms with van der Waals surface area (Å²) in [6, 6.07) is 0. The molecule has 1 aliphatic carbocycles. The van der Waals surface area contributed by atoms with E-state index >= 15 is 0 Å². The monoisotopic (exact) mass is 334 g/mol. The Balaban J connectivity index is 1.84. The first kappa shape index (κ1) is 13.3. The summed E-state index contributed by atoms with van der Waals surface area (Å²) in [7, 11) is 0. The Kier molecular flexibility index (Phi) is 2.92. The van der Waals surface area contributed by atoms with Crippen molar-refractivity contribution in [3.05, 3.63) is 0 Å². The Hall–Kier alpha value is -0.660. The fourth-order valence-corrected chi connectivity index (χ4v) is 3.19. The molecule has 0 amide bonds. The standard InChI is InChI=1S/C12H15BrO6/c1-11(2)17-7-4-12(18-8(14)5-13)3-6(9(7)19-11)16-10(12)15/h6-7,9H,3-5H2,1-2H3/t6?,7-,9+,12-/m1/s1. The molecule has 7 heteroatoms. The third-order valence-corrected chi connectivity index (χ3v) is 4.16. The lowest BCUT2D eigenvalue weighted by Gasteiger charge is -2.32. The minimum absolute atomic E-state index is 0.0453. The van der Waals surface area contributed by atoms with Gasteiger partial charge in [0.05, 0.1) is 6.10 Å². The maximum absolute atomic E-state index is 12.0. The molecule has 106 valence electrons. The highest BCUT2D eigenvalue weighted by molar-refractivity contribution is 9.09. The molecule has 19 heavy (non-hydrogen) atoms. The molecule has 3 fully saturated rings. The third-order valence-electron chi connectivity index (χ3n) is 3.70. The molecular weight excluding hydrogens is 320 g/mol. The van der Waals surface area contributed by atoms with E-state index < -0.39 is 29.4 Å². The van der Waals surface area contributed by atoms with Gasteiger partial charge in [-0.3, -0.25) is 4.79 Å². The Labute approximate surface area is 118 Å². The highest BCUT2D eigenvalue weighted by Crippen LogP contribution is 2.48. The van der Waals surface area contributed by atoms with Gasteiger partial charge < -0.3 is 18.9 Å². The van der Waals surface area contributed by atoms with E-state index in [1.165, 1.54) is 0 Å². The number of esters is 2. The largest absolute Gasteiger partial charge is 0.456 e. The normalized spacial score (nSPS) is 42.7. The second kappa shape index (κ2) is 4.17. The molecule has 6 nitrogen and oxygen atoms in total. The Morgan fingerprint density at radius 2 is 2.05 bits per heavy atom. The van der Waals surface area contributed by atoms with Crippen LogP contribution in [-0.4, -0.2) is 47.0 Å². The van der Waals surface area contributed by atoms with Crippen LogP contribution in [0.25, 0.3) is 0 Å². The summed E-state index contributed by atoms with van der Waals surface area (Å²) in [6.45, 7) is 3.63. The zero-order valence-electron chi connectivity index (χ0n) is 10.7. The highest BCUT2D eigenvalue weighted by atomic mass is 79.9. The van der Waals surface area contributed by atoms with Crippen molar-refractivity contribution in [2.24, 2.45) is 0 Å².